The molecule has 1 unspecified atom stereocenters. The molecule has 1 atom stereocenters. The second-order valence-corrected chi connectivity index (χ2v) is 4.40. The number of unbranched alkanes of at least 4 members (excludes halogenated alkanes) is 1. The minimum atomic E-state index is -0.421. The Balaban J connectivity index is 1.97. The number of pyridine rings is 1. The molecule has 0 bridgehead atoms. The Bertz CT molecular complexity index is 293. The van der Waals surface area contributed by atoms with Crippen LogP contribution in [0.5, 0.6) is 0 Å². The molecule has 4 nitrogen and oxygen atoms in total. The molecule has 0 spiro atoms. The fraction of sp³-hybridized carbons (Fsp3) is 0.643. The maximum Gasteiger partial charge on any atom is 0.0897 e. The largest absolute Gasteiger partial charge is 0.389 e. The number of aliphatic hydroxyl groups is 1. The van der Waals surface area contributed by atoms with Gasteiger partial charge in [-0.1, -0.05) is 19.4 Å². The molecule has 1 aromatic rings. The number of nitrogens with one attached hydrogen (secondary N) is 1. The summed E-state index contributed by atoms with van der Waals surface area (Å²) in [5.41, 5.74) is 1.21. The second-order valence-electron chi connectivity index (χ2n) is 4.40. The van der Waals surface area contributed by atoms with Gasteiger partial charge in [0.2, 0.25) is 0 Å². The van der Waals surface area contributed by atoms with Gasteiger partial charge in [0.15, 0.2) is 0 Å². The Morgan fingerprint density at radius 3 is 3.11 bits per heavy atom. The smallest absolute Gasteiger partial charge is 0.0897 e. The lowest BCUT2D eigenvalue weighted by molar-refractivity contribution is 0.0361. The van der Waals surface area contributed by atoms with E-state index in [4.69, 9.17) is 4.74 Å². The van der Waals surface area contributed by atoms with Crippen LogP contribution in [0.2, 0.25) is 0 Å². The number of nitrogens with zero attached hydrogens (tertiary/aromatic N) is 1. The topological polar surface area (TPSA) is 54.4 Å². The maximum atomic E-state index is 9.65. The van der Waals surface area contributed by atoms with E-state index in [0.717, 1.165) is 32.4 Å². The first-order valence-corrected chi connectivity index (χ1v) is 6.68. The van der Waals surface area contributed by atoms with E-state index in [9.17, 15) is 5.11 Å². The highest BCUT2D eigenvalue weighted by Gasteiger charge is 2.03. The molecule has 0 fully saturated rings. The second kappa shape index (κ2) is 10.00. The number of rotatable bonds is 10. The Hall–Kier alpha value is -0.970. The molecule has 0 amide bonds. The van der Waals surface area contributed by atoms with Gasteiger partial charge in [0, 0.05) is 25.5 Å². The average molecular weight is 252 g/mol. The van der Waals surface area contributed by atoms with E-state index >= 15 is 0 Å². The molecule has 1 heterocycles. The highest BCUT2D eigenvalue weighted by Crippen LogP contribution is 1.95. The van der Waals surface area contributed by atoms with Crippen molar-refractivity contribution in [2.45, 2.75) is 32.3 Å². The lowest BCUT2D eigenvalue weighted by atomic mass is 10.2. The van der Waals surface area contributed by atoms with Crippen LogP contribution >= 0.6 is 0 Å². The average Bonchev–Trinajstić information content (AvgIpc) is 2.41. The molecule has 102 valence electrons. The third-order valence-electron chi connectivity index (χ3n) is 2.65. The summed E-state index contributed by atoms with van der Waals surface area (Å²) in [6, 6.07) is 3.99. The first-order valence-electron chi connectivity index (χ1n) is 6.68. The Labute approximate surface area is 109 Å². The predicted molar refractivity (Wildman–Crippen MR) is 72.5 cm³/mol. The third-order valence-corrected chi connectivity index (χ3v) is 2.65. The number of aliphatic hydroxyl groups excluding tert-OH is 1. The lowest BCUT2D eigenvalue weighted by Gasteiger charge is -2.12. The van der Waals surface area contributed by atoms with Crippen molar-refractivity contribution in [3.8, 4) is 0 Å². The zero-order chi connectivity index (χ0) is 13.1. The summed E-state index contributed by atoms with van der Waals surface area (Å²) in [5, 5.41) is 12.9. The van der Waals surface area contributed by atoms with Gasteiger partial charge in [-0.25, -0.2) is 0 Å². The van der Waals surface area contributed by atoms with E-state index in [2.05, 4.69) is 23.3 Å². The third kappa shape index (κ3) is 7.37. The van der Waals surface area contributed by atoms with Gasteiger partial charge in [-0.3, -0.25) is 4.98 Å². The van der Waals surface area contributed by atoms with E-state index in [1.807, 2.05) is 12.3 Å². The molecule has 0 aliphatic heterocycles. The molecule has 0 saturated heterocycles. The van der Waals surface area contributed by atoms with Crippen LogP contribution in [0.3, 0.4) is 0 Å². The molecule has 2 N–H and O–H groups in total. The van der Waals surface area contributed by atoms with Gasteiger partial charge in [0.05, 0.1) is 12.7 Å². The molecule has 0 saturated carbocycles. The summed E-state index contributed by atoms with van der Waals surface area (Å²) in [5.74, 6) is 0. The van der Waals surface area contributed by atoms with Crippen LogP contribution in [0.4, 0.5) is 0 Å². The van der Waals surface area contributed by atoms with Crippen molar-refractivity contribution in [2.24, 2.45) is 0 Å². The van der Waals surface area contributed by atoms with Gasteiger partial charge in [-0.15, -0.1) is 0 Å². The van der Waals surface area contributed by atoms with Crippen molar-refractivity contribution in [3.05, 3.63) is 30.1 Å². The van der Waals surface area contributed by atoms with Crippen LogP contribution in [0.15, 0.2) is 24.5 Å². The molecular formula is C14H24N2O2. The van der Waals surface area contributed by atoms with Gasteiger partial charge in [0.25, 0.3) is 0 Å². The van der Waals surface area contributed by atoms with E-state index in [1.165, 1.54) is 5.56 Å². The summed E-state index contributed by atoms with van der Waals surface area (Å²) in [7, 11) is 0. The zero-order valence-corrected chi connectivity index (χ0v) is 11.1. The van der Waals surface area contributed by atoms with E-state index < -0.39 is 6.10 Å². The Kier molecular flexibility index (Phi) is 8.38. The molecular weight excluding hydrogens is 228 g/mol. The molecule has 0 aliphatic rings. The van der Waals surface area contributed by atoms with Gasteiger partial charge >= 0.3 is 0 Å². The van der Waals surface area contributed by atoms with Gasteiger partial charge < -0.3 is 15.2 Å². The van der Waals surface area contributed by atoms with Crippen molar-refractivity contribution in [3.63, 3.8) is 0 Å². The van der Waals surface area contributed by atoms with Gasteiger partial charge in [-0.05, 0) is 31.0 Å². The molecule has 18 heavy (non-hydrogen) atoms. The van der Waals surface area contributed by atoms with Crippen LogP contribution in [0, 0.1) is 0 Å². The van der Waals surface area contributed by atoms with Crippen molar-refractivity contribution in [1.82, 2.24) is 10.3 Å². The fourth-order valence-corrected chi connectivity index (χ4v) is 1.57. The Morgan fingerprint density at radius 2 is 2.39 bits per heavy atom. The predicted octanol–water partition coefficient (Wildman–Crippen LogP) is 1.39. The fourth-order valence-electron chi connectivity index (χ4n) is 1.57. The number of aromatic nitrogens is 1. The minimum absolute atomic E-state index is 0.417. The SMILES string of the molecule is CCCCOCC(O)CNCCc1cccnc1. The van der Waals surface area contributed by atoms with Crippen molar-refractivity contribution >= 4 is 0 Å². The lowest BCUT2D eigenvalue weighted by Crippen LogP contribution is -2.31. The standard InChI is InChI=1S/C14H24N2O2/c1-2-3-9-18-12-14(17)11-16-8-6-13-5-4-7-15-10-13/h4-5,7,10,14,16-17H,2-3,6,8-9,11-12H2,1H3. The number of hydrogen-bond donors (Lipinski definition) is 2. The summed E-state index contributed by atoms with van der Waals surface area (Å²) in [4.78, 5) is 4.06. The summed E-state index contributed by atoms with van der Waals surface area (Å²) >= 11 is 0. The maximum absolute atomic E-state index is 9.65. The zero-order valence-electron chi connectivity index (χ0n) is 11.1. The molecule has 1 rings (SSSR count). The highest BCUT2D eigenvalue weighted by molar-refractivity contribution is 5.08. The van der Waals surface area contributed by atoms with Crippen LogP contribution in [-0.4, -0.2) is 42.5 Å². The van der Waals surface area contributed by atoms with Crippen LogP contribution < -0.4 is 5.32 Å². The van der Waals surface area contributed by atoms with E-state index in [-0.39, 0.29) is 0 Å². The minimum Gasteiger partial charge on any atom is -0.389 e. The molecule has 0 radical (unpaired) electrons. The molecule has 1 aromatic heterocycles. The van der Waals surface area contributed by atoms with E-state index in [0.29, 0.717) is 13.2 Å². The molecule has 0 aromatic carbocycles. The first-order chi connectivity index (χ1) is 8.83. The number of ether oxygens (including phenoxy) is 1. The quantitative estimate of drug-likeness (QED) is 0.618. The van der Waals surface area contributed by atoms with Crippen molar-refractivity contribution in [2.75, 3.05) is 26.3 Å². The molecule has 4 heteroatoms. The summed E-state index contributed by atoms with van der Waals surface area (Å²) < 4.78 is 5.35. The van der Waals surface area contributed by atoms with Gasteiger partial charge in [0.1, 0.15) is 0 Å². The first kappa shape index (κ1) is 15.1. The summed E-state index contributed by atoms with van der Waals surface area (Å²) in [6.07, 6.45) is 6.33. The Morgan fingerprint density at radius 1 is 1.50 bits per heavy atom. The normalized spacial score (nSPS) is 12.6. The van der Waals surface area contributed by atoms with Crippen molar-refractivity contribution < 1.29 is 9.84 Å². The highest BCUT2D eigenvalue weighted by atomic mass is 16.5. The van der Waals surface area contributed by atoms with Gasteiger partial charge in [-0.2, -0.15) is 0 Å². The monoisotopic (exact) mass is 252 g/mol. The van der Waals surface area contributed by atoms with Crippen LogP contribution in [0.25, 0.3) is 0 Å². The summed E-state index contributed by atoms with van der Waals surface area (Å²) in [6.45, 7) is 4.70. The van der Waals surface area contributed by atoms with Crippen LogP contribution in [0.1, 0.15) is 25.3 Å². The van der Waals surface area contributed by atoms with Crippen LogP contribution in [-0.2, 0) is 11.2 Å². The molecule has 0 aliphatic carbocycles. The van der Waals surface area contributed by atoms with E-state index in [1.54, 1.807) is 6.20 Å². The number of hydrogen-bond acceptors (Lipinski definition) is 4. The van der Waals surface area contributed by atoms with Crippen molar-refractivity contribution in [1.29, 1.82) is 0 Å².